The van der Waals surface area contributed by atoms with Crippen molar-refractivity contribution in [1.82, 2.24) is 0 Å². The predicted octanol–water partition coefficient (Wildman–Crippen LogP) is 26.7. The van der Waals surface area contributed by atoms with Gasteiger partial charge in [-0.3, -0.25) is 37.3 Å². The van der Waals surface area contributed by atoms with Crippen LogP contribution in [0.25, 0.3) is 0 Å². The number of unbranched alkanes of at least 4 members (excludes halogenated alkanes) is 55. The Hall–Kier alpha value is -2.46. The van der Waals surface area contributed by atoms with Crippen molar-refractivity contribution in [2.45, 2.75) is 470 Å². The van der Waals surface area contributed by atoms with Crippen LogP contribution in [0.3, 0.4) is 0 Å². The number of hydrogen-bond acceptors (Lipinski definition) is 15. The molecule has 0 saturated carbocycles. The summed E-state index contributed by atoms with van der Waals surface area (Å²) in [6.07, 6.45) is 77.2. The van der Waals surface area contributed by atoms with Gasteiger partial charge in [0.25, 0.3) is 0 Å². The van der Waals surface area contributed by atoms with Crippen molar-refractivity contribution in [2.24, 2.45) is 5.92 Å². The highest BCUT2D eigenvalue weighted by atomic mass is 31.2. The Kier molecular flexibility index (Phi) is 78.3. The molecule has 3 N–H and O–H groups in total. The van der Waals surface area contributed by atoms with Crippen LogP contribution in [0, 0.1) is 5.92 Å². The zero-order valence-electron chi connectivity index (χ0n) is 69.8. The molecule has 0 aromatic carbocycles. The van der Waals surface area contributed by atoms with Crippen molar-refractivity contribution in [3.05, 3.63) is 24.3 Å². The standard InChI is InChI=1S/C88H168O17P2/c1-6-9-12-15-18-21-24-27-29-30-31-32-33-34-35-39-44-49-54-59-64-69-74-88(93)105-84(78-99-86(91)72-67-62-57-52-47-42-40-36-38-41-45-50-55-60-65-70-81(4)5)80-103-107(96,97)101-76-82(89)75-100-106(94,95)102-79-83(77-98-85(90)71-66-61-56-51-46-26-23-20-17-14-11-8-3)104-87(92)73-68-63-58-53-48-43-37-28-25-22-19-16-13-10-7-2/h22,25,28,37,81-84,89H,6-21,23-24,26-27,29-36,38-80H2,1-5H3,(H,94,95)(H,96,97)/b25-22-,37-28-/t82-,83+,84+/m0/s1. The first-order chi connectivity index (χ1) is 52.0. The maximum Gasteiger partial charge on any atom is 0.472 e. The summed E-state index contributed by atoms with van der Waals surface area (Å²) >= 11 is 0. The lowest BCUT2D eigenvalue weighted by atomic mass is 10.0. The van der Waals surface area contributed by atoms with E-state index in [2.05, 4.69) is 58.9 Å². The van der Waals surface area contributed by atoms with Crippen LogP contribution in [0.15, 0.2) is 24.3 Å². The van der Waals surface area contributed by atoms with E-state index in [-0.39, 0.29) is 25.7 Å². The molecule has 0 aliphatic carbocycles. The van der Waals surface area contributed by atoms with Gasteiger partial charge in [-0.25, -0.2) is 9.13 Å². The molecule has 0 radical (unpaired) electrons. The lowest BCUT2D eigenvalue weighted by molar-refractivity contribution is -0.161. The number of carbonyl (C=O) groups excluding carboxylic acids is 4. The average Bonchev–Trinajstić information content (AvgIpc) is 0.900. The molecule has 632 valence electrons. The number of carbonyl (C=O) groups is 4. The molecule has 0 rings (SSSR count). The van der Waals surface area contributed by atoms with Crippen LogP contribution < -0.4 is 0 Å². The van der Waals surface area contributed by atoms with E-state index in [1.165, 1.54) is 263 Å². The van der Waals surface area contributed by atoms with Crippen LogP contribution in [0.5, 0.6) is 0 Å². The zero-order chi connectivity index (χ0) is 78.3. The summed E-state index contributed by atoms with van der Waals surface area (Å²) in [7, 11) is -9.94. The van der Waals surface area contributed by atoms with E-state index >= 15 is 0 Å². The molecule has 0 spiro atoms. The van der Waals surface area contributed by atoms with E-state index in [1.54, 1.807) is 0 Å². The summed E-state index contributed by atoms with van der Waals surface area (Å²) in [4.78, 5) is 73.3. The number of aliphatic hydroxyl groups excluding tert-OH is 1. The number of hydrogen-bond donors (Lipinski definition) is 3. The molecule has 0 aliphatic rings. The second kappa shape index (κ2) is 80.2. The minimum atomic E-state index is -4.97. The molecule has 2 unspecified atom stereocenters. The van der Waals surface area contributed by atoms with Crippen LogP contribution in [-0.2, 0) is 65.4 Å². The van der Waals surface area contributed by atoms with Gasteiger partial charge in [-0.2, -0.15) is 0 Å². The molecule has 0 saturated heterocycles. The number of ether oxygens (including phenoxy) is 4. The largest absolute Gasteiger partial charge is 0.472 e. The van der Waals surface area contributed by atoms with E-state index in [0.29, 0.717) is 25.7 Å². The fraction of sp³-hybridized carbons (Fsp3) is 0.909. The van der Waals surface area contributed by atoms with Crippen molar-refractivity contribution < 1.29 is 80.2 Å². The Labute approximate surface area is 656 Å². The van der Waals surface area contributed by atoms with Crippen LogP contribution >= 0.6 is 15.6 Å². The Bertz CT molecular complexity index is 2130. The van der Waals surface area contributed by atoms with Crippen LogP contribution in [0.1, 0.15) is 452 Å². The van der Waals surface area contributed by atoms with Crippen molar-refractivity contribution in [2.75, 3.05) is 39.6 Å². The lowest BCUT2D eigenvalue weighted by Crippen LogP contribution is -2.30. The third kappa shape index (κ3) is 81.4. The van der Waals surface area contributed by atoms with Gasteiger partial charge in [0.15, 0.2) is 12.2 Å². The second-order valence-electron chi connectivity index (χ2n) is 31.4. The first-order valence-corrected chi connectivity index (χ1v) is 47.9. The number of phosphoric acid groups is 2. The molecule has 0 aliphatic heterocycles. The second-order valence-corrected chi connectivity index (χ2v) is 34.3. The summed E-state index contributed by atoms with van der Waals surface area (Å²) in [6.45, 7) is 7.33. The van der Waals surface area contributed by atoms with Crippen molar-refractivity contribution in [1.29, 1.82) is 0 Å². The average molecular weight is 1560 g/mol. The minimum Gasteiger partial charge on any atom is -0.462 e. The highest BCUT2D eigenvalue weighted by Gasteiger charge is 2.30. The Morgan fingerprint density at radius 1 is 0.290 bits per heavy atom. The van der Waals surface area contributed by atoms with E-state index in [9.17, 15) is 43.2 Å². The predicted molar refractivity (Wildman–Crippen MR) is 441 cm³/mol. The molecular formula is C88H168O17P2. The van der Waals surface area contributed by atoms with E-state index in [0.717, 1.165) is 109 Å². The molecule has 0 bridgehead atoms. The molecule has 19 heteroatoms. The smallest absolute Gasteiger partial charge is 0.462 e. The fourth-order valence-electron chi connectivity index (χ4n) is 13.3. The fourth-order valence-corrected chi connectivity index (χ4v) is 14.9. The summed E-state index contributed by atoms with van der Waals surface area (Å²) in [5, 5.41) is 10.7. The molecule has 0 amide bonds. The number of rotatable bonds is 86. The third-order valence-electron chi connectivity index (χ3n) is 20.2. The summed E-state index contributed by atoms with van der Waals surface area (Å²) in [5.74, 6) is -1.32. The van der Waals surface area contributed by atoms with Gasteiger partial charge in [0.2, 0.25) is 0 Å². The Morgan fingerprint density at radius 2 is 0.505 bits per heavy atom. The van der Waals surface area contributed by atoms with Crippen molar-refractivity contribution >= 4 is 39.5 Å². The van der Waals surface area contributed by atoms with E-state index < -0.39 is 97.5 Å². The molecular weight excluding hydrogens is 1390 g/mol. The van der Waals surface area contributed by atoms with Gasteiger partial charge >= 0.3 is 39.5 Å². The zero-order valence-corrected chi connectivity index (χ0v) is 71.6. The highest BCUT2D eigenvalue weighted by Crippen LogP contribution is 2.45. The molecule has 107 heavy (non-hydrogen) atoms. The molecule has 0 fully saturated rings. The number of esters is 4. The van der Waals surface area contributed by atoms with Gasteiger partial charge < -0.3 is 33.8 Å². The molecule has 0 heterocycles. The lowest BCUT2D eigenvalue weighted by Gasteiger charge is -2.21. The number of allylic oxidation sites excluding steroid dienone is 4. The molecule has 17 nitrogen and oxygen atoms in total. The first-order valence-electron chi connectivity index (χ1n) is 45.0. The van der Waals surface area contributed by atoms with Gasteiger partial charge in [0.05, 0.1) is 26.4 Å². The van der Waals surface area contributed by atoms with Crippen molar-refractivity contribution in [3.8, 4) is 0 Å². The van der Waals surface area contributed by atoms with Crippen LogP contribution in [0.2, 0.25) is 0 Å². The Balaban J connectivity index is 5.27. The SMILES string of the molecule is CCCCCC/C=C\C=C/CCCCCCCC(=O)O[C@H](COC(=O)CCCCCCCCCCCCCC)COP(=O)(O)OC[C@H](O)COP(=O)(O)OC[C@@H](COC(=O)CCCCCCCCCCCCCCCCCC(C)C)OC(=O)CCCCCCCCCCCCCCCCCCCCCCCC. The van der Waals surface area contributed by atoms with Gasteiger partial charge in [0, 0.05) is 25.7 Å². The van der Waals surface area contributed by atoms with Crippen LogP contribution in [0.4, 0.5) is 0 Å². The van der Waals surface area contributed by atoms with Gasteiger partial charge in [-0.05, 0) is 57.3 Å². The molecule has 0 aromatic heterocycles. The summed E-state index contributed by atoms with van der Waals surface area (Å²) < 4.78 is 68.9. The maximum absolute atomic E-state index is 13.2. The summed E-state index contributed by atoms with van der Waals surface area (Å²) in [6, 6.07) is 0. The first kappa shape index (κ1) is 105. The summed E-state index contributed by atoms with van der Waals surface area (Å²) in [5.41, 5.74) is 0. The maximum atomic E-state index is 13.2. The van der Waals surface area contributed by atoms with Crippen LogP contribution in [-0.4, -0.2) is 96.7 Å². The number of aliphatic hydroxyl groups is 1. The topological polar surface area (TPSA) is 237 Å². The van der Waals surface area contributed by atoms with Gasteiger partial charge in [-0.1, -0.05) is 399 Å². The molecule has 0 aromatic rings. The third-order valence-corrected chi connectivity index (χ3v) is 22.1. The molecule has 5 atom stereocenters. The van der Waals surface area contributed by atoms with E-state index in [1.807, 2.05) is 0 Å². The van der Waals surface area contributed by atoms with Crippen molar-refractivity contribution in [3.63, 3.8) is 0 Å². The minimum absolute atomic E-state index is 0.0859. The highest BCUT2D eigenvalue weighted by molar-refractivity contribution is 7.47. The van der Waals surface area contributed by atoms with Gasteiger partial charge in [-0.15, -0.1) is 0 Å². The quantitative estimate of drug-likeness (QED) is 0.0169. The van der Waals surface area contributed by atoms with Gasteiger partial charge in [0.1, 0.15) is 19.3 Å². The normalized spacial score (nSPS) is 13.9. The number of phosphoric ester groups is 2. The Morgan fingerprint density at radius 3 is 0.766 bits per heavy atom. The monoisotopic (exact) mass is 1560 g/mol. The van der Waals surface area contributed by atoms with E-state index in [4.69, 9.17) is 37.0 Å².